The van der Waals surface area contributed by atoms with Crippen LogP contribution in [0, 0.1) is 11.8 Å². The van der Waals surface area contributed by atoms with Gasteiger partial charge >= 0.3 is 51.4 Å². The zero-order valence-electron chi connectivity index (χ0n) is 37.2. The van der Waals surface area contributed by atoms with Gasteiger partial charge in [0.25, 0.3) is 0 Å². The molecule has 2 aliphatic carbocycles. The third-order valence-corrected chi connectivity index (χ3v) is 14.6. The fraction of sp³-hybridized carbons (Fsp3) is 0.870. The quantitative estimate of drug-likeness (QED) is 0.289. The molecule has 0 spiro atoms. The molecule has 0 aromatic carbocycles. The molecule has 10 rings (SSSR count). The monoisotopic (exact) mass is 803 g/mol. The molecule has 2 bridgehead atoms. The fourth-order valence-electron chi connectivity index (χ4n) is 11.3. The summed E-state index contributed by atoms with van der Waals surface area (Å²) >= 11 is 0. The number of hydrogen-bond acceptors (Lipinski definition) is 6. The molecule has 8 heterocycles. The van der Waals surface area contributed by atoms with Gasteiger partial charge in [0, 0.05) is 64.7 Å². The van der Waals surface area contributed by atoms with Crippen LogP contribution >= 0.6 is 0 Å². The first-order valence-corrected chi connectivity index (χ1v) is 23.5. The number of fused-ring (bicyclic) bond motifs is 4. The van der Waals surface area contributed by atoms with Gasteiger partial charge < -0.3 is 28.1 Å². The smallest absolute Gasteiger partial charge is 0.422 e. The van der Waals surface area contributed by atoms with E-state index >= 15 is 0 Å². The predicted octanol–water partition coefficient (Wildman–Crippen LogP) is 8.49. The van der Waals surface area contributed by atoms with Crippen LogP contribution in [0.5, 0.6) is 0 Å². The molecular weight excluding hydrogens is 722 g/mol. The van der Waals surface area contributed by atoms with Gasteiger partial charge in [-0.05, 0) is 124 Å². The summed E-state index contributed by atoms with van der Waals surface area (Å²) < 4.78 is 24.9. The van der Waals surface area contributed by atoms with Gasteiger partial charge in [0.05, 0.1) is 11.4 Å². The van der Waals surface area contributed by atoms with Gasteiger partial charge in [0.2, 0.25) is 6.42 Å². The Bertz CT molecular complexity index is 1240. The molecule has 10 heteroatoms. The standard InChI is InChI=1S/C30H48BN4.4C4H8O.K/c1-19(2)25-15-13-21(5)27-17-34(32-29(25)27)31(23-9-7-10-24(31)12-8-11-23)35-18-28-22(6)14-16-26(20(3)4)30(28)33-35;4*1-2-4-5-3-1;/h17-26H,7-16H2,1-6H3;4*1-4H2;/q-1;;;;;+1/t21-,22-,23?,24?,25-,26-;;;;;/m1...../s1. The van der Waals surface area contributed by atoms with E-state index in [0.717, 1.165) is 52.9 Å². The number of rotatable bonds is 4. The van der Waals surface area contributed by atoms with Crippen LogP contribution in [-0.4, -0.2) is 78.7 Å². The molecule has 0 amide bonds. The van der Waals surface area contributed by atoms with Gasteiger partial charge in [-0.15, -0.1) is 11.6 Å². The number of hydrogen-bond donors (Lipinski definition) is 0. The van der Waals surface area contributed by atoms with E-state index < -0.39 is 6.42 Å². The van der Waals surface area contributed by atoms with Crippen molar-refractivity contribution in [1.82, 2.24) is 19.4 Å². The second-order valence-electron chi connectivity index (χ2n) is 19.1. The van der Waals surface area contributed by atoms with Gasteiger partial charge in [-0.25, -0.2) is 10.2 Å². The van der Waals surface area contributed by atoms with E-state index in [2.05, 4.69) is 63.1 Å². The van der Waals surface area contributed by atoms with Crippen LogP contribution in [0.3, 0.4) is 0 Å². The first-order chi connectivity index (χ1) is 26.8. The van der Waals surface area contributed by atoms with Crippen molar-refractivity contribution in [2.45, 2.75) is 192 Å². The van der Waals surface area contributed by atoms with Gasteiger partial charge in [-0.1, -0.05) is 80.1 Å². The molecule has 6 saturated heterocycles. The topological polar surface area (TPSA) is 72.6 Å². The molecule has 8 aliphatic rings. The second kappa shape index (κ2) is 23.8. The maximum absolute atomic E-state index is 5.62. The van der Waals surface area contributed by atoms with Crippen molar-refractivity contribution in [3.8, 4) is 0 Å². The Morgan fingerprint density at radius 2 is 0.786 bits per heavy atom. The van der Waals surface area contributed by atoms with Crippen LogP contribution in [-0.2, 0) is 18.9 Å². The fourth-order valence-corrected chi connectivity index (χ4v) is 11.3. The van der Waals surface area contributed by atoms with E-state index in [-0.39, 0.29) is 51.4 Å². The van der Waals surface area contributed by atoms with E-state index in [0.29, 0.717) is 47.1 Å². The molecule has 6 aliphatic heterocycles. The van der Waals surface area contributed by atoms with Crippen LogP contribution < -0.4 is 51.4 Å². The van der Waals surface area contributed by atoms with Crippen molar-refractivity contribution < 1.29 is 70.3 Å². The largest absolute Gasteiger partial charge is 1.00 e. The minimum Gasteiger partial charge on any atom is -0.422 e. The maximum Gasteiger partial charge on any atom is 1.00 e. The van der Waals surface area contributed by atoms with Crippen molar-refractivity contribution in [2.24, 2.45) is 11.8 Å². The molecule has 312 valence electrons. The van der Waals surface area contributed by atoms with E-state index in [4.69, 9.17) is 29.1 Å². The summed E-state index contributed by atoms with van der Waals surface area (Å²) in [6, 6.07) is 0. The number of nitrogens with zero attached hydrogens (tertiary/aromatic N) is 4. The van der Waals surface area contributed by atoms with E-state index in [1.165, 1.54) is 127 Å². The van der Waals surface area contributed by atoms with Gasteiger partial charge in [0.1, 0.15) is 0 Å². The van der Waals surface area contributed by atoms with E-state index in [1.54, 1.807) is 11.1 Å². The summed E-state index contributed by atoms with van der Waals surface area (Å²) in [6.45, 7) is 22.5. The summed E-state index contributed by atoms with van der Waals surface area (Å²) in [5.74, 6) is 5.18. The van der Waals surface area contributed by atoms with Crippen LogP contribution in [0.25, 0.3) is 0 Å². The Kier molecular flexibility index (Phi) is 20.0. The van der Waals surface area contributed by atoms with Crippen LogP contribution in [0.4, 0.5) is 0 Å². The number of ether oxygens (including phenoxy) is 4. The molecule has 2 aromatic heterocycles. The van der Waals surface area contributed by atoms with Gasteiger partial charge in [0.15, 0.2) is 0 Å². The molecule has 4 atom stereocenters. The first kappa shape index (κ1) is 47.0. The first-order valence-electron chi connectivity index (χ1n) is 23.5. The molecular formula is C46H80BKN4O4. The molecule has 6 fully saturated rings. The van der Waals surface area contributed by atoms with Crippen molar-refractivity contribution in [1.29, 1.82) is 0 Å². The van der Waals surface area contributed by atoms with Crippen LogP contribution in [0.1, 0.15) is 203 Å². The summed E-state index contributed by atoms with van der Waals surface area (Å²) in [5.41, 5.74) is 5.94. The zero-order chi connectivity index (χ0) is 38.6. The van der Waals surface area contributed by atoms with Crippen LogP contribution in [0.2, 0.25) is 11.6 Å². The van der Waals surface area contributed by atoms with Crippen molar-refractivity contribution in [2.75, 3.05) is 52.9 Å². The molecule has 56 heavy (non-hydrogen) atoms. The van der Waals surface area contributed by atoms with Gasteiger partial charge in [-0.2, -0.15) is 0 Å². The Morgan fingerprint density at radius 1 is 0.482 bits per heavy atom. The molecule has 0 unspecified atom stereocenters. The van der Waals surface area contributed by atoms with E-state index in [1.807, 2.05) is 0 Å². The average molecular weight is 803 g/mol. The third kappa shape index (κ3) is 11.7. The molecule has 8 nitrogen and oxygen atoms in total. The molecule has 0 N–H and O–H groups in total. The summed E-state index contributed by atoms with van der Waals surface area (Å²) in [4.78, 5) is 0. The Balaban J connectivity index is 0.000000230. The SMILES string of the molecule is C1CCOC1.C1CCOC1.C1CCOC1.C1CCOC1.CC(C)[C@H]1CC[C@@H](C)c2cn([B-]3(n4cc5c(n4)[C@@H](C(C)C)CC[C@H]5C)C4CCCC3CCC4)nc21.[K+]. The summed E-state index contributed by atoms with van der Waals surface area (Å²) in [5, 5.41) is 11.2. The Labute approximate surface area is 384 Å². The normalized spacial score (nSPS) is 29.9. The third-order valence-electron chi connectivity index (χ3n) is 14.6. The predicted molar refractivity (Wildman–Crippen MR) is 227 cm³/mol. The minimum absolute atomic E-state index is 0. The second-order valence-corrected chi connectivity index (χ2v) is 19.1. The van der Waals surface area contributed by atoms with E-state index in [9.17, 15) is 0 Å². The Hall–Kier alpha value is -0.0387. The minimum atomic E-state index is -1.05. The Morgan fingerprint density at radius 3 is 1.04 bits per heavy atom. The average Bonchev–Trinajstić information content (AvgIpc) is 4.03. The van der Waals surface area contributed by atoms with Crippen molar-refractivity contribution >= 4 is 6.42 Å². The molecule has 0 radical (unpaired) electrons. The van der Waals surface area contributed by atoms with Crippen molar-refractivity contribution in [3.63, 3.8) is 0 Å². The number of aromatic nitrogens is 4. The summed E-state index contributed by atoms with van der Waals surface area (Å²) in [7, 11) is 0. The molecule has 0 saturated carbocycles. The molecule has 2 aromatic rings. The van der Waals surface area contributed by atoms with Crippen LogP contribution in [0.15, 0.2) is 12.4 Å². The maximum atomic E-state index is 5.62. The van der Waals surface area contributed by atoms with Crippen molar-refractivity contribution in [3.05, 3.63) is 34.9 Å². The van der Waals surface area contributed by atoms with Gasteiger partial charge in [-0.3, -0.25) is 0 Å². The zero-order valence-corrected chi connectivity index (χ0v) is 40.3. The summed E-state index contributed by atoms with van der Waals surface area (Å²) in [6.07, 6.45) is 27.6.